The molecule has 0 atom stereocenters. The second kappa shape index (κ2) is 8.15. The molecule has 0 radical (unpaired) electrons. The van der Waals surface area contributed by atoms with Crippen molar-refractivity contribution in [1.29, 1.82) is 5.26 Å². The molecule has 0 spiro atoms. The normalized spacial score (nSPS) is 10.0. The Balaban J connectivity index is 2.28. The highest BCUT2D eigenvalue weighted by atomic mass is 16.1. The van der Waals surface area contributed by atoms with Gasteiger partial charge < -0.3 is 10.6 Å². The molecule has 0 heterocycles. The van der Waals surface area contributed by atoms with Crippen LogP contribution in [0.3, 0.4) is 0 Å². The van der Waals surface area contributed by atoms with Crippen molar-refractivity contribution in [2.45, 2.75) is 26.7 Å². The molecule has 0 aliphatic rings. The molecular weight excluding hydrogens is 238 g/mol. The minimum absolute atomic E-state index is 0.00162. The van der Waals surface area contributed by atoms with Crippen molar-refractivity contribution in [1.82, 2.24) is 5.32 Å². The van der Waals surface area contributed by atoms with E-state index < -0.39 is 0 Å². The van der Waals surface area contributed by atoms with E-state index in [1.54, 1.807) is 0 Å². The lowest BCUT2D eigenvalue weighted by Gasteiger charge is -2.09. The Morgan fingerprint density at radius 1 is 1.32 bits per heavy atom. The van der Waals surface area contributed by atoms with E-state index in [2.05, 4.69) is 30.6 Å². The van der Waals surface area contributed by atoms with Crippen molar-refractivity contribution in [3.63, 3.8) is 0 Å². The van der Waals surface area contributed by atoms with Crippen molar-refractivity contribution in [3.8, 4) is 6.07 Å². The Morgan fingerprint density at radius 2 is 2.00 bits per heavy atom. The van der Waals surface area contributed by atoms with E-state index in [0.29, 0.717) is 12.3 Å². The molecule has 1 aromatic carbocycles. The zero-order valence-electron chi connectivity index (χ0n) is 11.6. The van der Waals surface area contributed by atoms with Crippen molar-refractivity contribution in [2.75, 3.05) is 18.4 Å². The van der Waals surface area contributed by atoms with Gasteiger partial charge in [0.05, 0.1) is 19.0 Å². The second-order valence-corrected chi connectivity index (χ2v) is 4.92. The summed E-state index contributed by atoms with van der Waals surface area (Å²) in [5.41, 5.74) is 1.87. The molecule has 102 valence electrons. The molecule has 4 nitrogen and oxygen atoms in total. The summed E-state index contributed by atoms with van der Waals surface area (Å²) in [6, 6.07) is 9.65. The molecule has 0 aliphatic heterocycles. The average Bonchev–Trinajstić information content (AvgIpc) is 2.38. The molecule has 1 amide bonds. The number of nitrogens with one attached hydrogen (secondary N) is 2. The monoisotopic (exact) mass is 259 g/mol. The lowest BCUT2D eigenvalue weighted by atomic mass is 10.1. The van der Waals surface area contributed by atoms with E-state index >= 15 is 0 Å². The van der Waals surface area contributed by atoms with Crippen LogP contribution >= 0.6 is 0 Å². The number of hydrogen-bond acceptors (Lipinski definition) is 3. The Bertz CT molecular complexity index is 432. The van der Waals surface area contributed by atoms with Gasteiger partial charge in [-0.2, -0.15) is 5.26 Å². The van der Waals surface area contributed by atoms with Crippen LogP contribution in [0.1, 0.15) is 25.8 Å². The number of benzene rings is 1. The predicted octanol–water partition coefficient (Wildman–Crippen LogP) is 2.33. The quantitative estimate of drug-likeness (QED) is 0.790. The Labute approximate surface area is 114 Å². The third-order valence-corrected chi connectivity index (χ3v) is 2.73. The number of rotatable bonds is 7. The van der Waals surface area contributed by atoms with E-state index in [-0.39, 0.29) is 12.5 Å². The first-order valence-electron chi connectivity index (χ1n) is 6.58. The van der Waals surface area contributed by atoms with E-state index in [9.17, 15) is 4.79 Å². The molecule has 19 heavy (non-hydrogen) atoms. The van der Waals surface area contributed by atoms with Gasteiger partial charge in [0.1, 0.15) is 0 Å². The third-order valence-electron chi connectivity index (χ3n) is 2.73. The minimum Gasteiger partial charge on any atom is -0.376 e. The molecule has 0 unspecified atom stereocenters. The molecule has 1 rings (SSSR count). The molecule has 1 aromatic rings. The Morgan fingerprint density at radius 3 is 2.58 bits per heavy atom. The maximum atomic E-state index is 11.6. The number of nitrogens with zero attached hydrogens (tertiary/aromatic N) is 1. The molecule has 0 fully saturated rings. The molecule has 0 saturated carbocycles. The maximum absolute atomic E-state index is 11.6. The lowest BCUT2D eigenvalue weighted by Crippen LogP contribution is -2.31. The summed E-state index contributed by atoms with van der Waals surface area (Å²) >= 11 is 0. The molecular formula is C15H21N3O. The van der Waals surface area contributed by atoms with Crippen LogP contribution in [0.15, 0.2) is 24.3 Å². The number of carbonyl (C=O) groups excluding carboxylic acids is 1. The molecule has 4 heteroatoms. The zero-order valence-corrected chi connectivity index (χ0v) is 11.6. The highest BCUT2D eigenvalue weighted by molar-refractivity contribution is 5.80. The maximum Gasteiger partial charge on any atom is 0.239 e. The van der Waals surface area contributed by atoms with Gasteiger partial charge in [0.15, 0.2) is 0 Å². The summed E-state index contributed by atoms with van der Waals surface area (Å²) in [7, 11) is 0. The fourth-order valence-corrected chi connectivity index (χ4v) is 1.58. The van der Waals surface area contributed by atoms with Gasteiger partial charge >= 0.3 is 0 Å². The van der Waals surface area contributed by atoms with Gasteiger partial charge in [-0.05, 0) is 30.0 Å². The number of anilines is 1. The Kier molecular flexibility index (Phi) is 6.45. The van der Waals surface area contributed by atoms with Crippen LogP contribution in [0.4, 0.5) is 5.69 Å². The highest BCUT2D eigenvalue weighted by Crippen LogP contribution is 2.09. The summed E-state index contributed by atoms with van der Waals surface area (Å²) in [4.78, 5) is 11.6. The van der Waals surface area contributed by atoms with E-state index in [0.717, 1.165) is 24.2 Å². The fourth-order valence-electron chi connectivity index (χ4n) is 1.58. The Hall–Kier alpha value is -2.02. The summed E-state index contributed by atoms with van der Waals surface area (Å²) in [6.07, 6.45) is 1.41. The summed E-state index contributed by atoms with van der Waals surface area (Å²) in [5, 5.41) is 14.5. The number of hydrogen-bond donors (Lipinski definition) is 2. The van der Waals surface area contributed by atoms with Crippen LogP contribution in [0.5, 0.6) is 0 Å². The largest absolute Gasteiger partial charge is 0.376 e. The summed E-state index contributed by atoms with van der Waals surface area (Å²) in [5.74, 6) is 0.600. The highest BCUT2D eigenvalue weighted by Gasteiger charge is 2.01. The summed E-state index contributed by atoms with van der Waals surface area (Å²) < 4.78 is 0. The smallest absolute Gasteiger partial charge is 0.239 e. The van der Waals surface area contributed by atoms with Crippen molar-refractivity contribution < 1.29 is 4.79 Å². The number of carbonyl (C=O) groups is 1. The zero-order chi connectivity index (χ0) is 14.1. The van der Waals surface area contributed by atoms with Crippen molar-refractivity contribution in [2.24, 2.45) is 5.92 Å². The van der Waals surface area contributed by atoms with Gasteiger partial charge in [-0.15, -0.1) is 0 Å². The van der Waals surface area contributed by atoms with Gasteiger partial charge in [-0.1, -0.05) is 26.0 Å². The topological polar surface area (TPSA) is 64.9 Å². The average molecular weight is 259 g/mol. The van der Waals surface area contributed by atoms with Gasteiger partial charge in [0, 0.05) is 12.2 Å². The molecule has 2 N–H and O–H groups in total. The second-order valence-electron chi connectivity index (χ2n) is 4.92. The minimum atomic E-state index is 0.00162. The van der Waals surface area contributed by atoms with Crippen molar-refractivity contribution >= 4 is 11.6 Å². The van der Waals surface area contributed by atoms with Gasteiger partial charge in [0.2, 0.25) is 5.91 Å². The van der Waals surface area contributed by atoms with Gasteiger partial charge in [-0.3, -0.25) is 4.79 Å². The number of amides is 1. The van der Waals surface area contributed by atoms with Crippen LogP contribution in [0.2, 0.25) is 0 Å². The van der Waals surface area contributed by atoms with Crippen LogP contribution in [0, 0.1) is 17.2 Å². The predicted molar refractivity (Wildman–Crippen MR) is 76.7 cm³/mol. The molecule has 0 aliphatic carbocycles. The van der Waals surface area contributed by atoms with E-state index in [1.165, 1.54) is 0 Å². The molecule has 0 aromatic heterocycles. The molecule has 0 saturated heterocycles. The van der Waals surface area contributed by atoms with E-state index in [1.807, 2.05) is 24.3 Å². The van der Waals surface area contributed by atoms with Crippen LogP contribution in [-0.2, 0) is 11.2 Å². The standard InChI is InChI=1S/C15H21N3O/c1-12(2)8-10-17-15(19)11-18-14-5-3-13(4-6-14)7-9-16/h3-6,12,18H,7-8,10-11H2,1-2H3,(H,17,19). The van der Waals surface area contributed by atoms with Gasteiger partial charge in [0.25, 0.3) is 0 Å². The first-order valence-corrected chi connectivity index (χ1v) is 6.58. The first-order chi connectivity index (χ1) is 9.11. The first kappa shape index (κ1) is 15.0. The number of nitriles is 1. The SMILES string of the molecule is CC(C)CCNC(=O)CNc1ccc(CC#N)cc1. The van der Waals surface area contributed by atoms with E-state index in [4.69, 9.17) is 5.26 Å². The van der Waals surface area contributed by atoms with Crippen molar-refractivity contribution in [3.05, 3.63) is 29.8 Å². The van der Waals surface area contributed by atoms with Gasteiger partial charge in [-0.25, -0.2) is 0 Å². The van der Waals surface area contributed by atoms with Crippen LogP contribution in [0.25, 0.3) is 0 Å². The molecule has 0 bridgehead atoms. The van der Waals surface area contributed by atoms with Crippen LogP contribution < -0.4 is 10.6 Å². The van der Waals surface area contributed by atoms with Crippen LogP contribution in [-0.4, -0.2) is 19.0 Å². The summed E-state index contributed by atoms with van der Waals surface area (Å²) in [6.45, 7) is 5.26. The lowest BCUT2D eigenvalue weighted by molar-refractivity contribution is -0.119. The fraction of sp³-hybridized carbons (Fsp3) is 0.467. The third kappa shape index (κ3) is 6.46.